The van der Waals surface area contributed by atoms with Crippen LogP contribution >= 0.6 is 0 Å². The van der Waals surface area contributed by atoms with Gasteiger partial charge in [0.15, 0.2) is 0 Å². The maximum Gasteiger partial charge on any atom is 0.321 e. The van der Waals surface area contributed by atoms with Crippen molar-refractivity contribution in [3.8, 4) is 0 Å². The molecule has 1 rings (SSSR count). The van der Waals surface area contributed by atoms with Gasteiger partial charge >= 0.3 is 17.9 Å². The van der Waals surface area contributed by atoms with Crippen molar-refractivity contribution in [1.29, 1.82) is 0 Å². The number of allylic oxidation sites excluding steroid dienone is 2. The Hall–Kier alpha value is -2.15. The summed E-state index contributed by atoms with van der Waals surface area (Å²) in [6.45, 7) is 3.73. The first-order valence-electron chi connectivity index (χ1n) is 6.99. The largest absolute Gasteiger partial charge is 0.481 e. The Morgan fingerprint density at radius 1 is 1.27 bits per heavy atom. The zero-order chi connectivity index (χ0) is 16.9. The molecule has 1 aliphatic rings. The molecule has 1 fully saturated rings. The molecule has 4 atom stereocenters. The molecule has 0 aromatic rings. The van der Waals surface area contributed by atoms with Gasteiger partial charge in [0.05, 0.1) is 12.3 Å². The van der Waals surface area contributed by atoms with Gasteiger partial charge in [-0.25, -0.2) is 0 Å². The van der Waals surface area contributed by atoms with Gasteiger partial charge in [0.2, 0.25) is 0 Å². The number of carboxylic acid groups (broad SMARTS) is 3. The van der Waals surface area contributed by atoms with Gasteiger partial charge < -0.3 is 20.6 Å². The fourth-order valence-corrected chi connectivity index (χ4v) is 2.60. The monoisotopic (exact) mass is 311 g/mol. The van der Waals surface area contributed by atoms with Gasteiger partial charge in [-0.15, -0.1) is 0 Å². The summed E-state index contributed by atoms with van der Waals surface area (Å²) in [6.07, 6.45) is 4.62. The van der Waals surface area contributed by atoms with Crippen LogP contribution in [0, 0.1) is 17.8 Å². The number of carbonyl (C=O) groups is 3. The molecule has 7 nitrogen and oxygen atoms in total. The second-order valence-electron chi connectivity index (χ2n) is 5.51. The first-order chi connectivity index (χ1) is 10.2. The topological polar surface area (TPSA) is 124 Å². The Balaban J connectivity index is 2.85. The molecule has 0 radical (unpaired) electrons. The second kappa shape index (κ2) is 7.74. The van der Waals surface area contributed by atoms with Crippen molar-refractivity contribution in [3.63, 3.8) is 0 Å². The van der Waals surface area contributed by atoms with Crippen LogP contribution in [0.5, 0.6) is 0 Å². The van der Waals surface area contributed by atoms with Gasteiger partial charge in [-0.2, -0.15) is 0 Å². The third kappa shape index (κ3) is 4.70. The molecule has 1 unspecified atom stereocenters. The predicted molar refractivity (Wildman–Crippen MR) is 78.4 cm³/mol. The molecule has 0 bridgehead atoms. The summed E-state index contributed by atoms with van der Waals surface area (Å²) >= 11 is 0. The molecule has 4 N–H and O–H groups in total. The van der Waals surface area contributed by atoms with E-state index in [4.69, 9.17) is 15.3 Å². The molecule has 7 heteroatoms. The highest BCUT2D eigenvalue weighted by Crippen LogP contribution is 2.31. The van der Waals surface area contributed by atoms with Crippen LogP contribution in [-0.4, -0.2) is 45.8 Å². The van der Waals surface area contributed by atoms with E-state index >= 15 is 0 Å². The Kier molecular flexibility index (Phi) is 6.30. The summed E-state index contributed by atoms with van der Waals surface area (Å²) in [4.78, 5) is 32.8. The lowest BCUT2D eigenvalue weighted by atomic mass is 9.83. The summed E-state index contributed by atoms with van der Waals surface area (Å²) in [7, 11) is 0. The summed E-state index contributed by atoms with van der Waals surface area (Å²) in [5, 5.41) is 29.7. The molecule has 1 saturated heterocycles. The number of hydrogen-bond donors (Lipinski definition) is 4. The molecule has 22 heavy (non-hydrogen) atoms. The van der Waals surface area contributed by atoms with Crippen LogP contribution in [0.4, 0.5) is 0 Å². The van der Waals surface area contributed by atoms with Crippen molar-refractivity contribution >= 4 is 17.9 Å². The SMILES string of the molecule is C/C(=C/C=C\C(C)C(=O)O)[C@H]1CN[C@H](C(=O)O)[C@H]1CC(=O)O. The highest BCUT2D eigenvalue weighted by molar-refractivity contribution is 5.76. The lowest BCUT2D eigenvalue weighted by Gasteiger charge is -2.20. The quantitative estimate of drug-likeness (QED) is 0.516. The fourth-order valence-electron chi connectivity index (χ4n) is 2.60. The normalized spacial score (nSPS) is 27.0. The molecule has 1 aliphatic heterocycles. The van der Waals surface area contributed by atoms with Gasteiger partial charge in [0.1, 0.15) is 6.04 Å². The van der Waals surface area contributed by atoms with E-state index in [9.17, 15) is 14.4 Å². The minimum Gasteiger partial charge on any atom is -0.481 e. The van der Waals surface area contributed by atoms with Gasteiger partial charge in [-0.1, -0.05) is 23.8 Å². The predicted octanol–water partition coefficient (Wildman–Crippen LogP) is 0.973. The maximum atomic E-state index is 11.2. The molecule has 0 amide bonds. The van der Waals surface area contributed by atoms with E-state index in [2.05, 4.69) is 5.32 Å². The summed E-state index contributed by atoms with van der Waals surface area (Å²) < 4.78 is 0. The summed E-state index contributed by atoms with van der Waals surface area (Å²) in [5.74, 6) is -4.38. The van der Waals surface area contributed by atoms with Gasteiger partial charge in [-0.3, -0.25) is 14.4 Å². The first-order valence-corrected chi connectivity index (χ1v) is 6.99. The molecular weight excluding hydrogens is 290 g/mol. The standard InChI is InChI=1S/C15H21NO6/c1-8(4-3-5-9(2)14(19)20)11-7-16-13(15(21)22)10(11)6-12(17)18/h3-5,9-11,13,16H,6-7H2,1-2H3,(H,17,18)(H,19,20)(H,21,22)/b5-3-,8-4-/t9?,10-,11+,13-/m0/s1. The Bertz CT molecular complexity index is 510. The maximum absolute atomic E-state index is 11.2. The van der Waals surface area contributed by atoms with Gasteiger partial charge in [0.25, 0.3) is 0 Å². The number of hydrogen-bond acceptors (Lipinski definition) is 4. The average Bonchev–Trinajstić information content (AvgIpc) is 2.81. The third-order valence-electron chi connectivity index (χ3n) is 3.91. The molecule has 0 spiro atoms. The van der Waals surface area contributed by atoms with Crippen LogP contribution in [0.3, 0.4) is 0 Å². The van der Waals surface area contributed by atoms with Crippen molar-refractivity contribution < 1.29 is 29.7 Å². The molecule has 0 aromatic carbocycles. The van der Waals surface area contributed by atoms with E-state index in [0.717, 1.165) is 5.57 Å². The molecule has 0 aromatic heterocycles. The van der Waals surface area contributed by atoms with Crippen LogP contribution in [0.2, 0.25) is 0 Å². The minimum absolute atomic E-state index is 0.206. The van der Waals surface area contributed by atoms with E-state index in [1.807, 2.05) is 0 Å². The van der Waals surface area contributed by atoms with Crippen LogP contribution in [0.1, 0.15) is 20.3 Å². The van der Waals surface area contributed by atoms with Crippen molar-refractivity contribution in [2.75, 3.05) is 6.54 Å². The minimum atomic E-state index is -1.06. The first kappa shape index (κ1) is 17.9. The summed E-state index contributed by atoms with van der Waals surface area (Å²) in [6, 6.07) is -0.883. The molecule has 122 valence electrons. The van der Waals surface area contributed by atoms with E-state index in [1.165, 1.54) is 6.08 Å². The van der Waals surface area contributed by atoms with E-state index in [1.54, 1.807) is 26.0 Å². The van der Waals surface area contributed by atoms with Gasteiger partial charge in [0, 0.05) is 12.5 Å². The number of rotatable bonds is 7. The lowest BCUT2D eigenvalue weighted by molar-refractivity contribution is -0.142. The number of aliphatic carboxylic acids is 3. The van der Waals surface area contributed by atoms with Crippen molar-refractivity contribution in [2.45, 2.75) is 26.3 Å². The highest BCUT2D eigenvalue weighted by Gasteiger charge is 2.41. The van der Waals surface area contributed by atoms with Gasteiger partial charge in [-0.05, 0) is 19.8 Å². The van der Waals surface area contributed by atoms with Crippen LogP contribution in [-0.2, 0) is 14.4 Å². The Labute approximate surface area is 128 Å². The smallest absolute Gasteiger partial charge is 0.321 e. The lowest BCUT2D eigenvalue weighted by Crippen LogP contribution is -2.36. The Morgan fingerprint density at radius 3 is 2.41 bits per heavy atom. The van der Waals surface area contributed by atoms with Crippen molar-refractivity contribution in [1.82, 2.24) is 5.32 Å². The summed E-state index contributed by atoms with van der Waals surface area (Å²) in [5.41, 5.74) is 0.830. The molecule has 0 saturated carbocycles. The number of carboxylic acids is 3. The molecule has 0 aliphatic carbocycles. The third-order valence-corrected chi connectivity index (χ3v) is 3.91. The zero-order valence-electron chi connectivity index (χ0n) is 12.5. The fraction of sp³-hybridized carbons (Fsp3) is 0.533. The highest BCUT2D eigenvalue weighted by atomic mass is 16.4. The van der Waals surface area contributed by atoms with Crippen LogP contribution in [0.15, 0.2) is 23.8 Å². The zero-order valence-corrected chi connectivity index (χ0v) is 12.5. The molecule has 1 heterocycles. The molecular formula is C15H21NO6. The van der Waals surface area contributed by atoms with E-state index < -0.39 is 35.8 Å². The average molecular weight is 311 g/mol. The Morgan fingerprint density at radius 2 is 1.91 bits per heavy atom. The van der Waals surface area contributed by atoms with Crippen molar-refractivity contribution in [2.24, 2.45) is 17.8 Å². The van der Waals surface area contributed by atoms with E-state index in [0.29, 0.717) is 6.54 Å². The van der Waals surface area contributed by atoms with E-state index in [-0.39, 0.29) is 12.3 Å². The van der Waals surface area contributed by atoms with Crippen LogP contribution < -0.4 is 5.32 Å². The second-order valence-corrected chi connectivity index (χ2v) is 5.51. The van der Waals surface area contributed by atoms with Crippen molar-refractivity contribution in [3.05, 3.63) is 23.8 Å². The number of nitrogens with one attached hydrogen (secondary N) is 1. The van der Waals surface area contributed by atoms with Crippen LogP contribution in [0.25, 0.3) is 0 Å².